The highest BCUT2D eigenvalue weighted by molar-refractivity contribution is 6.00. The number of hydrogen-bond donors (Lipinski definition) is 1. The third-order valence-corrected chi connectivity index (χ3v) is 4.82. The van der Waals surface area contributed by atoms with Crippen molar-refractivity contribution in [3.63, 3.8) is 0 Å². The van der Waals surface area contributed by atoms with Gasteiger partial charge in [-0.3, -0.25) is 0 Å². The second-order valence-electron chi connectivity index (χ2n) is 6.74. The van der Waals surface area contributed by atoms with Crippen LogP contribution in [-0.4, -0.2) is 35.4 Å². The number of anilines is 1. The quantitative estimate of drug-likeness (QED) is 0.776. The number of hydrogen-bond acceptors (Lipinski definition) is 4. The third kappa shape index (κ3) is 2.96. The molecule has 25 heavy (non-hydrogen) atoms. The van der Waals surface area contributed by atoms with Crippen LogP contribution in [0, 0.1) is 5.82 Å². The Morgan fingerprint density at radius 3 is 2.48 bits per heavy atom. The molecular weight excluding hydrogens is 315 g/mol. The first-order valence-corrected chi connectivity index (χ1v) is 8.65. The summed E-state index contributed by atoms with van der Waals surface area (Å²) in [5.41, 5.74) is 1.66. The third-order valence-electron chi connectivity index (χ3n) is 4.82. The highest BCUT2D eigenvalue weighted by atomic mass is 19.1. The standard InChI is InChI=1S/C20H21FN4/c1-13-12-25(14(2)11-22-13)20-18-6-4-3-5-17(18)19(23-24-20)15-7-9-16(21)10-8-15/h3-10,13-14,22H,11-12H2,1-2H3/t13-,14-/m0/s1. The molecule has 1 N–H and O–H groups in total. The molecule has 0 amide bonds. The minimum atomic E-state index is -0.249. The molecule has 0 bridgehead atoms. The summed E-state index contributed by atoms with van der Waals surface area (Å²) >= 11 is 0. The van der Waals surface area contributed by atoms with E-state index in [4.69, 9.17) is 0 Å². The number of nitrogens with one attached hydrogen (secondary N) is 1. The molecule has 1 saturated heterocycles. The van der Waals surface area contributed by atoms with Gasteiger partial charge >= 0.3 is 0 Å². The normalized spacial score (nSPS) is 20.8. The summed E-state index contributed by atoms with van der Waals surface area (Å²) in [6.45, 7) is 6.21. The van der Waals surface area contributed by atoms with Crippen molar-refractivity contribution in [1.82, 2.24) is 15.5 Å². The van der Waals surface area contributed by atoms with Crippen molar-refractivity contribution in [2.24, 2.45) is 0 Å². The van der Waals surface area contributed by atoms with Crippen molar-refractivity contribution in [2.45, 2.75) is 25.9 Å². The number of fused-ring (bicyclic) bond motifs is 1. The molecule has 128 valence electrons. The minimum Gasteiger partial charge on any atom is -0.349 e. The average molecular weight is 336 g/mol. The van der Waals surface area contributed by atoms with Gasteiger partial charge in [0.25, 0.3) is 0 Å². The molecule has 3 aromatic rings. The van der Waals surface area contributed by atoms with E-state index in [0.717, 1.165) is 40.9 Å². The van der Waals surface area contributed by atoms with E-state index in [1.807, 2.05) is 12.1 Å². The summed E-state index contributed by atoms with van der Waals surface area (Å²) in [6, 6.07) is 15.4. The molecule has 0 unspecified atom stereocenters. The highest BCUT2D eigenvalue weighted by Crippen LogP contribution is 2.32. The number of halogens is 1. The van der Waals surface area contributed by atoms with Crippen molar-refractivity contribution >= 4 is 16.6 Å². The molecule has 1 aliphatic heterocycles. The Hall–Kier alpha value is -2.53. The first-order valence-electron chi connectivity index (χ1n) is 8.65. The van der Waals surface area contributed by atoms with Gasteiger partial charge in [-0.15, -0.1) is 10.2 Å². The van der Waals surface area contributed by atoms with Gasteiger partial charge in [0.05, 0.1) is 0 Å². The molecule has 1 aliphatic rings. The van der Waals surface area contributed by atoms with Gasteiger partial charge in [0.2, 0.25) is 0 Å². The lowest BCUT2D eigenvalue weighted by Crippen LogP contribution is -2.54. The Morgan fingerprint density at radius 1 is 1.00 bits per heavy atom. The number of piperazine rings is 1. The molecule has 4 nitrogen and oxygen atoms in total. The van der Waals surface area contributed by atoms with Crippen LogP contribution in [0.2, 0.25) is 0 Å². The van der Waals surface area contributed by atoms with Crippen molar-refractivity contribution in [3.05, 3.63) is 54.3 Å². The van der Waals surface area contributed by atoms with Gasteiger partial charge in [-0.05, 0) is 38.1 Å². The largest absolute Gasteiger partial charge is 0.349 e. The van der Waals surface area contributed by atoms with E-state index in [9.17, 15) is 4.39 Å². The molecule has 0 radical (unpaired) electrons. The first kappa shape index (κ1) is 16.0. The maximum absolute atomic E-state index is 13.3. The monoisotopic (exact) mass is 336 g/mol. The minimum absolute atomic E-state index is 0.249. The second-order valence-corrected chi connectivity index (χ2v) is 6.74. The summed E-state index contributed by atoms with van der Waals surface area (Å²) < 4.78 is 13.3. The SMILES string of the molecule is C[C@H]1CN(c2nnc(-c3ccc(F)cc3)c3ccccc23)[C@@H](C)CN1. The van der Waals surface area contributed by atoms with Gasteiger partial charge in [0.1, 0.15) is 11.5 Å². The topological polar surface area (TPSA) is 41.1 Å². The molecule has 2 heterocycles. The fourth-order valence-corrected chi connectivity index (χ4v) is 3.44. The van der Waals surface area contributed by atoms with Gasteiger partial charge in [0, 0.05) is 41.5 Å². The predicted octanol–water partition coefficient (Wildman–Crippen LogP) is 3.62. The molecular formula is C20H21FN4. The van der Waals surface area contributed by atoms with Crippen LogP contribution in [-0.2, 0) is 0 Å². The van der Waals surface area contributed by atoms with Gasteiger partial charge in [-0.2, -0.15) is 0 Å². The Morgan fingerprint density at radius 2 is 1.72 bits per heavy atom. The summed E-state index contributed by atoms with van der Waals surface area (Å²) in [5, 5.41) is 14.7. The summed E-state index contributed by atoms with van der Waals surface area (Å²) in [6.07, 6.45) is 0. The van der Waals surface area contributed by atoms with Crippen LogP contribution in [0.4, 0.5) is 10.2 Å². The summed E-state index contributed by atoms with van der Waals surface area (Å²) in [7, 11) is 0. The smallest absolute Gasteiger partial charge is 0.159 e. The molecule has 0 spiro atoms. The average Bonchev–Trinajstić information content (AvgIpc) is 2.64. The summed E-state index contributed by atoms with van der Waals surface area (Å²) in [5.74, 6) is 0.670. The molecule has 1 fully saturated rings. The van der Waals surface area contributed by atoms with Crippen molar-refractivity contribution in [3.8, 4) is 11.3 Å². The van der Waals surface area contributed by atoms with Crippen molar-refractivity contribution in [1.29, 1.82) is 0 Å². The molecule has 2 atom stereocenters. The molecule has 5 heteroatoms. The zero-order valence-corrected chi connectivity index (χ0v) is 14.4. The molecule has 0 aliphatic carbocycles. The number of aromatic nitrogens is 2. The van der Waals surface area contributed by atoms with Crippen LogP contribution in [0.15, 0.2) is 48.5 Å². The maximum Gasteiger partial charge on any atom is 0.159 e. The van der Waals surface area contributed by atoms with Gasteiger partial charge in [-0.25, -0.2) is 4.39 Å². The maximum atomic E-state index is 13.3. The van der Waals surface area contributed by atoms with E-state index < -0.39 is 0 Å². The van der Waals surface area contributed by atoms with E-state index in [0.29, 0.717) is 12.1 Å². The molecule has 4 rings (SSSR count). The fourth-order valence-electron chi connectivity index (χ4n) is 3.44. The Bertz CT molecular complexity index is 894. The van der Waals surface area contributed by atoms with Crippen LogP contribution >= 0.6 is 0 Å². The van der Waals surface area contributed by atoms with Gasteiger partial charge in [-0.1, -0.05) is 24.3 Å². The summed E-state index contributed by atoms with van der Waals surface area (Å²) in [4.78, 5) is 2.32. The van der Waals surface area contributed by atoms with E-state index >= 15 is 0 Å². The van der Waals surface area contributed by atoms with Crippen molar-refractivity contribution in [2.75, 3.05) is 18.0 Å². The number of benzene rings is 2. The Balaban J connectivity index is 1.86. The first-order chi connectivity index (χ1) is 12.1. The van der Waals surface area contributed by atoms with E-state index in [1.165, 1.54) is 12.1 Å². The number of rotatable bonds is 2. The number of nitrogens with zero attached hydrogens (tertiary/aromatic N) is 3. The van der Waals surface area contributed by atoms with Crippen LogP contribution in [0.25, 0.3) is 22.0 Å². The lowest BCUT2D eigenvalue weighted by atomic mass is 10.0. The van der Waals surface area contributed by atoms with Crippen LogP contribution < -0.4 is 10.2 Å². The highest BCUT2D eigenvalue weighted by Gasteiger charge is 2.26. The van der Waals surface area contributed by atoms with Gasteiger partial charge in [0.15, 0.2) is 5.82 Å². The second kappa shape index (κ2) is 6.41. The molecule has 2 aromatic carbocycles. The van der Waals surface area contributed by atoms with E-state index in [1.54, 1.807) is 12.1 Å². The van der Waals surface area contributed by atoms with E-state index in [-0.39, 0.29) is 5.82 Å². The van der Waals surface area contributed by atoms with Crippen LogP contribution in [0.1, 0.15) is 13.8 Å². The predicted molar refractivity (Wildman–Crippen MR) is 99.2 cm³/mol. The molecule has 1 aromatic heterocycles. The zero-order chi connectivity index (χ0) is 17.4. The lowest BCUT2D eigenvalue weighted by Gasteiger charge is -2.38. The fraction of sp³-hybridized carbons (Fsp3) is 0.300. The Labute approximate surface area is 146 Å². The van der Waals surface area contributed by atoms with E-state index in [2.05, 4.69) is 46.4 Å². The molecule has 0 saturated carbocycles. The van der Waals surface area contributed by atoms with Crippen LogP contribution in [0.5, 0.6) is 0 Å². The van der Waals surface area contributed by atoms with Crippen molar-refractivity contribution < 1.29 is 4.39 Å². The van der Waals surface area contributed by atoms with Gasteiger partial charge < -0.3 is 10.2 Å². The Kier molecular flexibility index (Phi) is 4.09. The lowest BCUT2D eigenvalue weighted by molar-refractivity contribution is 0.422. The zero-order valence-electron chi connectivity index (χ0n) is 14.4. The van der Waals surface area contributed by atoms with Crippen LogP contribution in [0.3, 0.4) is 0 Å².